The van der Waals surface area contributed by atoms with E-state index in [-0.39, 0.29) is 12.3 Å². The highest BCUT2D eigenvalue weighted by atomic mass is 16.5. The number of imide groups is 1. The number of rotatable bonds is 5. The molecule has 2 heterocycles. The molecule has 1 saturated heterocycles. The van der Waals surface area contributed by atoms with Crippen molar-refractivity contribution in [3.05, 3.63) is 29.2 Å². The molecule has 0 aliphatic carbocycles. The maximum atomic E-state index is 12.7. The average Bonchev–Trinajstić information content (AvgIpc) is 3.12. The minimum absolute atomic E-state index is 0.0636. The summed E-state index contributed by atoms with van der Waals surface area (Å²) >= 11 is 0. The topological polar surface area (TPSA) is 118 Å². The molecule has 0 N–H and O–H groups in total. The standard InChI is InChI=1S/C15H14N4O6/c1-3-25-15(22)11-10-12(19(16-11)17-23)14(21)18(13(10)20)8-4-6-9(24-2)7-5-8/h4-7,10,12H,3H2,1-2H3/t10-,12+/m0/s1. The number of ether oxygens (including phenoxy) is 2. The molecule has 0 spiro atoms. The number of nitroso groups, excluding NO2 is 1. The van der Waals surface area contributed by atoms with Crippen molar-refractivity contribution in [3.63, 3.8) is 0 Å². The highest BCUT2D eigenvalue weighted by molar-refractivity contribution is 6.46. The van der Waals surface area contributed by atoms with Gasteiger partial charge in [-0.1, -0.05) is 0 Å². The van der Waals surface area contributed by atoms with Crippen LogP contribution in [0.2, 0.25) is 0 Å². The largest absolute Gasteiger partial charge is 0.497 e. The van der Waals surface area contributed by atoms with E-state index in [2.05, 4.69) is 10.4 Å². The highest BCUT2D eigenvalue weighted by Crippen LogP contribution is 2.35. The molecule has 10 heteroatoms. The predicted molar refractivity (Wildman–Crippen MR) is 84.5 cm³/mol. The van der Waals surface area contributed by atoms with Gasteiger partial charge in [-0.2, -0.15) is 0 Å². The number of hydrogen-bond donors (Lipinski definition) is 0. The second kappa shape index (κ2) is 6.30. The van der Waals surface area contributed by atoms with Crippen LogP contribution in [0.3, 0.4) is 0 Å². The molecule has 0 bridgehead atoms. The third-order valence-electron chi connectivity index (χ3n) is 3.93. The monoisotopic (exact) mass is 346 g/mol. The molecule has 2 aliphatic heterocycles. The fraction of sp³-hybridized carbons (Fsp3) is 0.333. The summed E-state index contributed by atoms with van der Waals surface area (Å²) in [5, 5.41) is 6.85. The Morgan fingerprint density at radius 1 is 1.24 bits per heavy atom. The molecule has 10 nitrogen and oxygen atoms in total. The number of fused-ring (bicyclic) bond motifs is 1. The molecule has 0 unspecified atom stereocenters. The van der Waals surface area contributed by atoms with Crippen LogP contribution < -0.4 is 9.64 Å². The Bertz CT molecular complexity index is 775. The van der Waals surface area contributed by atoms with Gasteiger partial charge in [-0.15, -0.1) is 15.1 Å². The van der Waals surface area contributed by atoms with Crippen molar-refractivity contribution in [3.8, 4) is 5.75 Å². The van der Waals surface area contributed by atoms with Crippen molar-refractivity contribution in [1.82, 2.24) is 5.12 Å². The molecule has 0 saturated carbocycles. The number of benzene rings is 1. The second-order valence-corrected chi connectivity index (χ2v) is 5.24. The first-order chi connectivity index (χ1) is 12.0. The van der Waals surface area contributed by atoms with Crippen LogP contribution in [0.25, 0.3) is 0 Å². The number of nitrogens with zero attached hydrogens (tertiary/aromatic N) is 4. The van der Waals surface area contributed by atoms with Gasteiger partial charge in [-0.3, -0.25) is 9.59 Å². The molecule has 2 aliphatic rings. The van der Waals surface area contributed by atoms with E-state index in [4.69, 9.17) is 9.47 Å². The predicted octanol–water partition coefficient (Wildman–Crippen LogP) is 0.469. The third kappa shape index (κ3) is 2.51. The van der Waals surface area contributed by atoms with E-state index in [0.717, 1.165) is 4.90 Å². The smallest absolute Gasteiger partial charge is 0.355 e. The molecule has 1 aromatic rings. The first kappa shape index (κ1) is 16.6. The number of hydrazone groups is 1. The Hall–Kier alpha value is -3.30. The number of hydrogen-bond acceptors (Lipinski definition) is 8. The minimum Gasteiger partial charge on any atom is -0.497 e. The van der Waals surface area contributed by atoms with Crippen molar-refractivity contribution in [2.24, 2.45) is 16.3 Å². The van der Waals surface area contributed by atoms with Gasteiger partial charge in [-0.25, -0.2) is 9.69 Å². The molecule has 0 radical (unpaired) electrons. The zero-order valence-corrected chi connectivity index (χ0v) is 13.4. The van der Waals surface area contributed by atoms with Gasteiger partial charge < -0.3 is 9.47 Å². The number of carbonyl (C=O) groups is 3. The fourth-order valence-corrected chi connectivity index (χ4v) is 2.82. The summed E-state index contributed by atoms with van der Waals surface area (Å²) in [6.45, 7) is 1.65. The number of amides is 2. The summed E-state index contributed by atoms with van der Waals surface area (Å²) in [6.07, 6.45) is 0. The van der Waals surface area contributed by atoms with Gasteiger partial charge in [0.15, 0.2) is 11.8 Å². The Balaban J connectivity index is 1.97. The molecule has 130 valence electrons. The zero-order chi connectivity index (χ0) is 18.1. The van der Waals surface area contributed by atoms with E-state index in [9.17, 15) is 19.3 Å². The van der Waals surface area contributed by atoms with E-state index < -0.39 is 29.7 Å². The SMILES string of the molecule is CCOC(=O)C1=NN(N=O)[C@H]2C(=O)N(c3ccc(OC)cc3)C(=O)[C@@H]12. The van der Waals surface area contributed by atoms with E-state index >= 15 is 0 Å². The summed E-state index contributed by atoms with van der Waals surface area (Å²) in [5.41, 5.74) is -0.0138. The van der Waals surface area contributed by atoms with Gasteiger partial charge in [0, 0.05) is 0 Å². The fourth-order valence-electron chi connectivity index (χ4n) is 2.82. The molecule has 2 atom stereocenters. The maximum Gasteiger partial charge on any atom is 0.355 e. The first-order valence-corrected chi connectivity index (χ1v) is 7.43. The third-order valence-corrected chi connectivity index (χ3v) is 3.93. The van der Waals surface area contributed by atoms with Gasteiger partial charge in [0.25, 0.3) is 5.91 Å². The van der Waals surface area contributed by atoms with Crippen LogP contribution >= 0.6 is 0 Å². The van der Waals surface area contributed by atoms with Crippen LogP contribution in [0.15, 0.2) is 34.7 Å². The molecule has 2 amide bonds. The molecule has 25 heavy (non-hydrogen) atoms. The number of esters is 1. The molecule has 3 rings (SSSR count). The minimum atomic E-state index is -1.29. The van der Waals surface area contributed by atoms with Crippen LogP contribution in [0.4, 0.5) is 5.69 Å². The van der Waals surface area contributed by atoms with E-state index in [0.29, 0.717) is 16.6 Å². The molecular formula is C15H14N4O6. The van der Waals surface area contributed by atoms with Gasteiger partial charge >= 0.3 is 5.97 Å². The lowest BCUT2D eigenvalue weighted by Crippen LogP contribution is -2.36. The average molecular weight is 346 g/mol. The quantitative estimate of drug-likeness (QED) is 0.432. The number of methoxy groups -OCH3 is 1. The van der Waals surface area contributed by atoms with Crippen LogP contribution in [0.5, 0.6) is 5.75 Å². The Morgan fingerprint density at radius 3 is 2.48 bits per heavy atom. The molecule has 0 aromatic heterocycles. The van der Waals surface area contributed by atoms with Crippen molar-refractivity contribution in [2.75, 3.05) is 18.6 Å². The Kier molecular flexibility index (Phi) is 4.17. The van der Waals surface area contributed by atoms with Crippen molar-refractivity contribution < 1.29 is 23.9 Å². The van der Waals surface area contributed by atoms with Gasteiger partial charge in [0.05, 0.1) is 24.7 Å². The highest BCUT2D eigenvalue weighted by Gasteiger charge is 2.59. The normalized spacial score (nSPS) is 21.9. The van der Waals surface area contributed by atoms with Gasteiger partial charge in [0.2, 0.25) is 5.91 Å². The van der Waals surface area contributed by atoms with Gasteiger partial charge in [0.1, 0.15) is 11.7 Å². The van der Waals surface area contributed by atoms with Crippen LogP contribution in [0, 0.1) is 10.8 Å². The lowest BCUT2D eigenvalue weighted by Gasteiger charge is -2.17. The van der Waals surface area contributed by atoms with Crippen molar-refractivity contribution >= 4 is 29.2 Å². The summed E-state index contributed by atoms with van der Waals surface area (Å²) < 4.78 is 9.88. The van der Waals surface area contributed by atoms with Crippen molar-refractivity contribution in [1.29, 1.82) is 0 Å². The Labute approximate surface area is 141 Å². The molecular weight excluding hydrogens is 332 g/mol. The van der Waals surface area contributed by atoms with Crippen LogP contribution in [0.1, 0.15) is 6.92 Å². The summed E-state index contributed by atoms with van der Waals surface area (Å²) in [4.78, 5) is 49.3. The lowest BCUT2D eigenvalue weighted by molar-refractivity contribution is -0.136. The first-order valence-electron chi connectivity index (χ1n) is 7.43. The maximum absolute atomic E-state index is 12.7. The number of carbonyl (C=O) groups excluding carboxylic acids is 3. The van der Waals surface area contributed by atoms with E-state index in [1.165, 1.54) is 19.2 Å². The molecule has 1 fully saturated rings. The van der Waals surface area contributed by atoms with Crippen molar-refractivity contribution in [2.45, 2.75) is 13.0 Å². The van der Waals surface area contributed by atoms with Crippen LogP contribution in [-0.4, -0.2) is 48.4 Å². The van der Waals surface area contributed by atoms with E-state index in [1.54, 1.807) is 19.1 Å². The lowest BCUT2D eigenvalue weighted by atomic mass is 9.98. The number of anilines is 1. The van der Waals surface area contributed by atoms with Crippen LogP contribution in [-0.2, 0) is 19.1 Å². The van der Waals surface area contributed by atoms with E-state index in [1.807, 2.05) is 0 Å². The molecule has 1 aromatic carbocycles. The summed E-state index contributed by atoms with van der Waals surface area (Å²) in [7, 11) is 1.49. The summed E-state index contributed by atoms with van der Waals surface area (Å²) in [5.74, 6) is -2.90. The second-order valence-electron chi connectivity index (χ2n) is 5.24. The van der Waals surface area contributed by atoms with Gasteiger partial charge in [-0.05, 0) is 31.2 Å². The Morgan fingerprint density at radius 2 is 1.92 bits per heavy atom. The zero-order valence-electron chi connectivity index (χ0n) is 13.4. The summed E-state index contributed by atoms with van der Waals surface area (Å²) in [6, 6.07) is 4.93.